The van der Waals surface area contributed by atoms with E-state index in [0.29, 0.717) is 22.6 Å². The molecule has 0 aromatic carbocycles. The minimum Gasteiger partial charge on any atom is -0.397 e. The summed E-state index contributed by atoms with van der Waals surface area (Å²) >= 11 is 0. The molecule has 9 heteroatoms. The summed E-state index contributed by atoms with van der Waals surface area (Å²) < 4.78 is 0. The van der Waals surface area contributed by atoms with Crippen LogP contribution < -0.4 is 22.1 Å². The molecule has 4 rings (SSSR count). The normalized spacial score (nSPS) is 16.3. The van der Waals surface area contributed by atoms with Crippen molar-refractivity contribution in [3.05, 3.63) is 53.7 Å². The second kappa shape index (κ2) is 8.65. The van der Waals surface area contributed by atoms with Crippen LogP contribution in [-0.4, -0.2) is 44.9 Å². The van der Waals surface area contributed by atoms with Gasteiger partial charge in [-0.3, -0.25) is 9.78 Å². The van der Waals surface area contributed by atoms with Crippen LogP contribution in [0.25, 0.3) is 11.3 Å². The Labute approximate surface area is 180 Å². The molecule has 160 valence electrons. The van der Waals surface area contributed by atoms with Crippen molar-refractivity contribution in [1.82, 2.24) is 19.9 Å². The molecule has 9 nitrogen and oxygen atoms in total. The largest absolute Gasteiger partial charge is 0.397 e. The second-order valence-corrected chi connectivity index (χ2v) is 7.81. The fourth-order valence-electron chi connectivity index (χ4n) is 3.93. The SMILES string of the molecule is Cc1nc(N)ncc1-c1ccc(N)c(C(=O)Cc2cnccc2N2CCC[C@H](N)C2)n1. The van der Waals surface area contributed by atoms with E-state index in [1.165, 1.54) is 0 Å². The Morgan fingerprint density at radius 1 is 1.19 bits per heavy atom. The monoisotopic (exact) mass is 418 g/mol. The fraction of sp³-hybridized carbons (Fsp3) is 0.318. The van der Waals surface area contributed by atoms with E-state index >= 15 is 0 Å². The number of aromatic nitrogens is 4. The van der Waals surface area contributed by atoms with Gasteiger partial charge in [-0.15, -0.1) is 0 Å². The van der Waals surface area contributed by atoms with Crippen molar-refractivity contribution in [2.24, 2.45) is 5.73 Å². The zero-order valence-corrected chi connectivity index (χ0v) is 17.5. The summed E-state index contributed by atoms with van der Waals surface area (Å²) in [6.07, 6.45) is 7.25. The van der Waals surface area contributed by atoms with Gasteiger partial charge in [0.25, 0.3) is 0 Å². The van der Waals surface area contributed by atoms with Gasteiger partial charge in [0.15, 0.2) is 5.78 Å². The van der Waals surface area contributed by atoms with Crippen molar-refractivity contribution in [2.45, 2.75) is 32.2 Å². The first-order valence-electron chi connectivity index (χ1n) is 10.2. The lowest BCUT2D eigenvalue weighted by atomic mass is 10.0. The van der Waals surface area contributed by atoms with Gasteiger partial charge >= 0.3 is 0 Å². The molecule has 31 heavy (non-hydrogen) atoms. The number of hydrogen-bond donors (Lipinski definition) is 3. The molecule has 0 unspecified atom stereocenters. The third kappa shape index (κ3) is 4.46. The van der Waals surface area contributed by atoms with Crippen LogP contribution in [0.3, 0.4) is 0 Å². The van der Waals surface area contributed by atoms with Crippen LogP contribution in [0.5, 0.6) is 0 Å². The number of pyridine rings is 2. The third-order valence-corrected chi connectivity index (χ3v) is 5.49. The van der Waals surface area contributed by atoms with Crippen LogP contribution in [0.2, 0.25) is 0 Å². The number of carbonyl (C=O) groups excluding carboxylic acids is 1. The number of hydrogen-bond acceptors (Lipinski definition) is 9. The maximum absolute atomic E-state index is 13.2. The van der Waals surface area contributed by atoms with Gasteiger partial charge in [-0.25, -0.2) is 15.0 Å². The van der Waals surface area contributed by atoms with E-state index in [9.17, 15) is 4.79 Å². The molecular weight excluding hydrogens is 392 g/mol. The molecule has 0 saturated carbocycles. The summed E-state index contributed by atoms with van der Waals surface area (Å²) in [6, 6.07) is 5.49. The van der Waals surface area contributed by atoms with Gasteiger partial charge in [-0.2, -0.15) is 0 Å². The van der Waals surface area contributed by atoms with E-state index in [1.807, 2.05) is 13.0 Å². The number of carbonyl (C=O) groups is 1. The van der Waals surface area contributed by atoms with Crippen molar-refractivity contribution in [3.63, 3.8) is 0 Å². The number of aryl methyl sites for hydroxylation is 1. The van der Waals surface area contributed by atoms with Crippen LogP contribution >= 0.6 is 0 Å². The Balaban J connectivity index is 1.63. The summed E-state index contributed by atoms with van der Waals surface area (Å²) in [4.78, 5) is 32.4. The maximum atomic E-state index is 13.2. The van der Waals surface area contributed by atoms with Crippen molar-refractivity contribution < 1.29 is 4.79 Å². The Kier molecular flexibility index (Phi) is 5.77. The molecule has 0 radical (unpaired) electrons. The van der Waals surface area contributed by atoms with E-state index in [-0.39, 0.29) is 29.9 Å². The van der Waals surface area contributed by atoms with Crippen LogP contribution in [-0.2, 0) is 6.42 Å². The van der Waals surface area contributed by atoms with Crippen molar-refractivity contribution in [1.29, 1.82) is 0 Å². The molecule has 0 spiro atoms. The molecule has 1 saturated heterocycles. The van der Waals surface area contributed by atoms with Crippen LogP contribution in [0.4, 0.5) is 17.3 Å². The third-order valence-electron chi connectivity index (χ3n) is 5.49. The van der Waals surface area contributed by atoms with Gasteiger partial charge in [-0.1, -0.05) is 0 Å². The summed E-state index contributed by atoms with van der Waals surface area (Å²) in [5, 5.41) is 0. The summed E-state index contributed by atoms with van der Waals surface area (Å²) in [6.45, 7) is 3.49. The predicted molar refractivity (Wildman–Crippen MR) is 121 cm³/mol. The Morgan fingerprint density at radius 2 is 2.03 bits per heavy atom. The average molecular weight is 419 g/mol. The van der Waals surface area contributed by atoms with Crippen LogP contribution in [0.1, 0.15) is 34.6 Å². The average Bonchev–Trinajstić information content (AvgIpc) is 2.75. The minimum atomic E-state index is -0.177. The first kappa shape index (κ1) is 20.7. The number of ketones is 1. The molecule has 3 aromatic heterocycles. The van der Waals surface area contributed by atoms with E-state index in [4.69, 9.17) is 17.2 Å². The number of nitrogens with two attached hydrogens (primary N) is 3. The van der Waals surface area contributed by atoms with Gasteiger partial charge in [0, 0.05) is 61.0 Å². The molecule has 1 atom stereocenters. The number of Topliss-reactive ketones (excluding diaryl/α,β-unsaturated/α-hetero) is 1. The molecule has 0 aliphatic carbocycles. The summed E-state index contributed by atoms with van der Waals surface area (Å²) in [7, 11) is 0. The van der Waals surface area contributed by atoms with Gasteiger partial charge in [0.2, 0.25) is 5.95 Å². The van der Waals surface area contributed by atoms with Gasteiger partial charge < -0.3 is 22.1 Å². The molecular formula is C22H26N8O. The highest BCUT2D eigenvalue weighted by Gasteiger charge is 2.22. The summed E-state index contributed by atoms with van der Waals surface area (Å²) in [5.74, 6) is 0.0125. The fourth-order valence-corrected chi connectivity index (χ4v) is 3.93. The number of nitrogens with zero attached hydrogens (tertiary/aromatic N) is 5. The molecule has 6 N–H and O–H groups in total. The van der Waals surface area contributed by atoms with E-state index in [2.05, 4.69) is 24.8 Å². The topological polar surface area (TPSA) is 150 Å². The van der Waals surface area contributed by atoms with E-state index < -0.39 is 0 Å². The Bertz CT molecular complexity index is 1120. The van der Waals surface area contributed by atoms with Crippen molar-refractivity contribution >= 4 is 23.1 Å². The first-order chi connectivity index (χ1) is 14.9. The van der Waals surface area contributed by atoms with Gasteiger partial charge in [0.1, 0.15) is 5.69 Å². The Hall–Kier alpha value is -3.59. The van der Waals surface area contributed by atoms with Gasteiger partial charge in [-0.05, 0) is 38.0 Å². The van der Waals surface area contributed by atoms with Crippen molar-refractivity contribution in [2.75, 3.05) is 29.5 Å². The quantitative estimate of drug-likeness (QED) is 0.527. The number of rotatable bonds is 5. The zero-order valence-electron chi connectivity index (χ0n) is 17.5. The Morgan fingerprint density at radius 3 is 2.81 bits per heavy atom. The van der Waals surface area contributed by atoms with Gasteiger partial charge in [0.05, 0.1) is 17.1 Å². The summed E-state index contributed by atoms with van der Waals surface area (Å²) in [5.41, 5.74) is 22.2. The first-order valence-corrected chi connectivity index (χ1v) is 10.2. The standard InChI is InChI=1S/C22H26N8O/c1-13-16(11-27-22(25)28-13)18-5-4-17(24)21(29-18)20(31)9-14-10-26-7-6-19(14)30-8-2-3-15(23)12-30/h4-7,10-11,15H,2-3,8-9,12,23-24H2,1H3,(H2,25,27,28)/t15-/m0/s1. The smallest absolute Gasteiger partial charge is 0.220 e. The highest BCUT2D eigenvalue weighted by molar-refractivity contribution is 6.01. The molecule has 0 amide bonds. The van der Waals surface area contributed by atoms with Crippen molar-refractivity contribution in [3.8, 4) is 11.3 Å². The molecule has 0 bridgehead atoms. The van der Waals surface area contributed by atoms with Crippen LogP contribution in [0, 0.1) is 6.92 Å². The van der Waals surface area contributed by atoms with E-state index in [1.54, 1.807) is 30.7 Å². The molecule has 4 heterocycles. The molecule has 1 fully saturated rings. The lowest BCUT2D eigenvalue weighted by Gasteiger charge is -2.33. The lowest BCUT2D eigenvalue weighted by molar-refractivity contribution is 0.0989. The number of anilines is 3. The number of piperidine rings is 1. The maximum Gasteiger partial charge on any atom is 0.220 e. The second-order valence-electron chi connectivity index (χ2n) is 7.81. The lowest BCUT2D eigenvalue weighted by Crippen LogP contribution is -2.43. The molecule has 3 aromatic rings. The highest BCUT2D eigenvalue weighted by atomic mass is 16.1. The molecule has 1 aliphatic rings. The highest BCUT2D eigenvalue weighted by Crippen LogP contribution is 2.26. The predicted octanol–water partition coefficient (Wildman–Crippen LogP) is 1.76. The van der Waals surface area contributed by atoms with E-state index in [0.717, 1.165) is 37.2 Å². The minimum absolute atomic E-state index is 0.129. The number of nitrogen functional groups attached to an aromatic ring is 2. The zero-order chi connectivity index (χ0) is 22.0. The molecule has 1 aliphatic heterocycles. The van der Waals surface area contributed by atoms with Crippen LogP contribution in [0.15, 0.2) is 36.8 Å².